The van der Waals surface area contributed by atoms with Crippen LogP contribution in [0.15, 0.2) is 60.7 Å². The molecule has 29 heavy (non-hydrogen) atoms. The number of aryl methyl sites for hydroxylation is 2. The molecule has 2 N–H and O–H groups in total. The van der Waals surface area contributed by atoms with Crippen LogP contribution in [0.1, 0.15) is 18.9 Å². The van der Waals surface area contributed by atoms with Gasteiger partial charge in [0.2, 0.25) is 5.91 Å². The number of carbonyl (C=O) groups excluding carboxylic acids is 1. The number of para-hydroxylation sites is 2. The van der Waals surface area contributed by atoms with E-state index >= 15 is 0 Å². The van der Waals surface area contributed by atoms with Crippen LogP contribution >= 0.6 is 0 Å². The fourth-order valence-corrected chi connectivity index (χ4v) is 3.65. The van der Waals surface area contributed by atoms with Gasteiger partial charge in [0.15, 0.2) is 5.82 Å². The number of ether oxygens (including phenoxy) is 1. The molecule has 0 radical (unpaired) electrons. The topological polar surface area (TPSA) is 71.9 Å². The van der Waals surface area contributed by atoms with Crippen LogP contribution in [0, 0.1) is 0 Å². The van der Waals surface area contributed by atoms with Crippen molar-refractivity contribution in [1.82, 2.24) is 14.8 Å². The van der Waals surface area contributed by atoms with Crippen molar-refractivity contribution >= 4 is 22.6 Å². The molecule has 2 aromatic heterocycles. The van der Waals surface area contributed by atoms with Crippen LogP contribution in [0.3, 0.4) is 0 Å². The molecule has 0 fully saturated rings. The summed E-state index contributed by atoms with van der Waals surface area (Å²) in [6.07, 6.45) is 0.967. The van der Waals surface area contributed by atoms with Crippen molar-refractivity contribution in [2.45, 2.75) is 26.3 Å². The summed E-state index contributed by atoms with van der Waals surface area (Å²) in [4.78, 5) is 12.4. The Morgan fingerprint density at radius 1 is 1.14 bits per heavy atom. The van der Waals surface area contributed by atoms with E-state index in [-0.39, 0.29) is 5.91 Å². The number of hydrogen-bond acceptors (Lipinski definition) is 3. The van der Waals surface area contributed by atoms with Crippen LogP contribution in [-0.2, 0) is 17.8 Å². The fraction of sp³-hybridized carbons (Fsp3) is 0.217. The molecule has 0 bridgehead atoms. The quantitative estimate of drug-likeness (QED) is 0.485. The molecule has 0 aliphatic rings. The van der Waals surface area contributed by atoms with Gasteiger partial charge in [-0.15, -0.1) is 0 Å². The number of benzene rings is 2. The minimum Gasteiger partial charge on any atom is -0.496 e. The molecular weight excluding hydrogens is 364 g/mol. The zero-order chi connectivity index (χ0) is 20.2. The average Bonchev–Trinajstić information content (AvgIpc) is 3.36. The van der Waals surface area contributed by atoms with Gasteiger partial charge < -0.3 is 14.6 Å². The highest BCUT2D eigenvalue weighted by atomic mass is 16.5. The van der Waals surface area contributed by atoms with E-state index in [1.54, 1.807) is 7.11 Å². The highest BCUT2D eigenvalue weighted by Gasteiger charge is 2.13. The molecule has 6 heteroatoms. The molecule has 0 atom stereocenters. The van der Waals surface area contributed by atoms with E-state index in [9.17, 15) is 4.79 Å². The number of aromatic nitrogens is 3. The number of fused-ring (bicyclic) bond motifs is 1. The molecule has 0 spiro atoms. The predicted molar refractivity (Wildman–Crippen MR) is 115 cm³/mol. The van der Waals surface area contributed by atoms with Crippen LogP contribution in [-0.4, -0.2) is 27.8 Å². The SMILES string of the molecule is CCn1c(-c2cc(NC(=O)CCc3ccccc3OC)n[nH]2)cc2ccccc21. The van der Waals surface area contributed by atoms with Crippen molar-refractivity contribution in [3.05, 3.63) is 66.2 Å². The van der Waals surface area contributed by atoms with Crippen LogP contribution in [0.5, 0.6) is 5.75 Å². The minimum atomic E-state index is -0.0787. The van der Waals surface area contributed by atoms with Crippen molar-refractivity contribution in [3.8, 4) is 17.1 Å². The number of rotatable bonds is 7. The average molecular weight is 388 g/mol. The first kappa shape index (κ1) is 18.8. The third-order valence-electron chi connectivity index (χ3n) is 5.06. The molecule has 0 aliphatic heterocycles. The van der Waals surface area contributed by atoms with Crippen LogP contribution in [0.2, 0.25) is 0 Å². The van der Waals surface area contributed by atoms with E-state index in [1.165, 1.54) is 10.9 Å². The Labute approximate surface area is 169 Å². The molecule has 2 heterocycles. The Morgan fingerprint density at radius 3 is 2.76 bits per heavy atom. The summed E-state index contributed by atoms with van der Waals surface area (Å²) >= 11 is 0. The highest BCUT2D eigenvalue weighted by molar-refractivity contribution is 5.91. The third kappa shape index (κ3) is 3.87. The maximum atomic E-state index is 12.4. The predicted octanol–water partition coefficient (Wildman–Crippen LogP) is 4.63. The van der Waals surface area contributed by atoms with E-state index in [0.29, 0.717) is 18.7 Å². The Hall–Kier alpha value is -3.54. The Balaban J connectivity index is 1.46. The number of hydrogen-bond donors (Lipinski definition) is 2. The Morgan fingerprint density at radius 2 is 1.93 bits per heavy atom. The standard InChI is InChI=1S/C23H24N4O2/c1-3-27-19-10-6-4-9-17(19)14-20(27)18-15-22(26-25-18)24-23(28)13-12-16-8-5-7-11-21(16)29-2/h4-11,14-15H,3,12-13H2,1-2H3,(H2,24,25,26,28). The lowest BCUT2D eigenvalue weighted by atomic mass is 10.1. The number of amides is 1. The summed E-state index contributed by atoms with van der Waals surface area (Å²) in [5.74, 6) is 1.25. The van der Waals surface area contributed by atoms with Crippen LogP contribution in [0.4, 0.5) is 5.82 Å². The number of aromatic amines is 1. The summed E-state index contributed by atoms with van der Waals surface area (Å²) in [7, 11) is 1.64. The second-order valence-electron chi connectivity index (χ2n) is 6.86. The molecule has 2 aromatic carbocycles. The summed E-state index contributed by atoms with van der Waals surface area (Å²) in [5, 5.41) is 11.4. The third-order valence-corrected chi connectivity index (χ3v) is 5.06. The number of methoxy groups -OCH3 is 1. The lowest BCUT2D eigenvalue weighted by Gasteiger charge is -2.07. The van der Waals surface area contributed by atoms with Gasteiger partial charge >= 0.3 is 0 Å². The van der Waals surface area contributed by atoms with Gasteiger partial charge in [0.1, 0.15) is 5.75 Å². The Bertz CT molecular complexity index is 1140. The van der Waals surface area contributed by atoms with Crippen molar-refractivity contribution < 1.29 is 9.53 Å². The van der Waals surface area contributed by atoms with Gasteiger partial charge in [0, 0.05) is 29.9 Å². The zero-order valence-electron chi connectivity index (χ0n) is 16.6. The van der Waals surface area contributed by atoms with Crippen molar-refractivity contribution in [1.29, 1.82) is 0 Å². The zero-order valence-corrected chi connectivity index (χ0v) is 16.6. The molecule has 4 aromatic rings. The van der Waals surface area contributed by atoms with Crippen LogP contribution < -0.4 is 10.1 Å². The normalized spacial score (nSPS) is 11.0. The van der Waals surface area contributed by atoms with Crippen molar-refractivity contribution in [3.63, 3.8) is 0 Å². The lowest BCUT2D eigenvalue weighted by Crippen LogP contribution is -2.12. The molecular formula is C23H24N4O2. The van der Waals surface area contributed by atoms with Gasteiger partial charge in [-0.3, -0.25) is 9.89 Å². The molecule has 6 nitrogen and oxygen atoms in total. The van der Waals surface area contributed by atoms with Crippen LogP contribution in [0.25, 0.3) is 22.3 Å². The maximum Gasteiger partial charge on any atom is 0.225 e. The van der Waals surface area contributed by atoms with Gasteiger partial charge in [-0.25, -0.2) is 0 Å². The van der Waals surface area contributed by atoms with Crippen molar-refractivity contribution in [2.24, 2.45) is 0 Å². The minimum absolute atomic E-state index is 0.0787. The van der Waals surface area contributed by atoms with Gasteiger partial charge in [-0.2, -0.15) is 5.10 Å². The first-order chi connectivity index (χ1) is 14.2. The number of anilines is 1. The summed E-state index contributed by atoms with van der Waals surface area (Å²) < 4.78 is 7.58. The second kappa shape index (κ2) is 8.22. The molecule has 0 saturated carbocycles. The maximum absolute atomic E-state index is 12.4. The number of H-pyrrole nitrogens is 1. The van der Waals surface area contributed by atoms with E-state index in [4.69, 9.17) is 4.74 Å². The van der Waals surface area contributed by atoms with E-state index in [2.05, 4.69) is 45.2 Å². The van der Waals surface area contributed by atoms with Gasteiger partial charge in [0.05, 0.1) is 18.5 Å². The molecule has 0 aliphatic carbocycles. The molecule has 0 unspecified atom stereocenters. The second-order valence-corrected chi connectivity index (χ2v) is 6.86. The number of nitrogens with one attached hydrogen (secondary N) is 2. The largest absolute Gasteiger partial charge is 0.496 e. The van der Waals surface area contributed by atoms with Gasteiger partial charge in [0.25, 0.3) is 0 Å². The van der Waals surface area contributed by atoms with Gasteiger partial charge in [-0.1, -0.05) is 36.4 Å². The van der Waals surface area contributed by atoms with Crippen molar-refractivity contribution in [2.75, 3.05) is 12.4 Å². The highest BCUT2D eigenvalue weighted by Crippen LogP contribution is 2.28. The molecule has 1 amide bonds. The number of nitrogens with zero attached hydrogens (tertiary/aromatic N) is 2. The molecule has 0 saturated heterocycles. The summed E-state index contributed by atoms with van der Waals surface area (Å²) in [6, 6.07) is 20.0. The molecule has 148 valence electrons. The summed E-state index contributed by atoms with van der Waals surface area (Å²) in [6.45, 7) is 2.97. The van der Waals surface area contributed by atoms with Gasteiger partial charge in [-0.05, 0) is 37.1 Å². The Kier molecular flexibility index (Phi) is 5.33. The summed E-state index contributed by atoms with van der Waals surface area (Å²) in [5.41, 5.74) is 4.13. The first-order valence-electron chi connectivity index (χ1n) is 9.75. The smallest absolute Gasteiger partial charge is 0.225 e. The van der Waals surface area contributed by atoms with E-state index in [0.717, 1.165) is 29.2 Å². The lowest BCUT2D eigenvalue weighted by molar-refractivity contribution is -0.116. The van der Waals surface area contributed by atoms with E-state index in [1.807, 2.05) is 42.5 Å². The number of carbonyl (C=O) groups is 1. The van der Waals surface area contributed by atoms with E-state index < -0.39 is 0 Å². The fourth-order valence-electron chi connectivity index (χ4n) is 3.65. The molecule has 4 rings (SSSR count). The monoisotopic (exact) mass is 388 g/mol. The first-order valence-corrected chi connectivity index (χ1v) is 9.75.